The first-order valence-corrected chi connectivity index (χ1v) is 7.97. The lowest BCUT2D eigenvalue weighted by atomic mass is 10.1. The second-order valence-electron chi connectivity index (χ2n) is 6.53. The van der Waals surface area contributed by atoms with Crippen LogP contribution < -0.4 is 33.9 Å². The van der Waals surface area contributed by atoms with E-state index in [-0.39, 0.29) is 24.0 Å². The maximum atomic E-state index is 11.9. The van der Waals surface area contributed by atoms with Crippen molar-refractivity contribution in [2.24, 2.45) is 0 Å². The van der Waals surface area contributed by atoms with Crippen LogP contribution in [0.5, 0.6) is 0 Å². The summed E-state index contributed by atoms with van der Waals surface area (Å²) in [5.41, 5.74) is 2.39. The van der Waals surface area contributed by atoms with Crippen LogP contribution in [-0.2, 0) is 11.3 Å². The highest BCUT2D eigenvalue weighted by Gasteiger charge is 2.16. The molecule has 2 aromatic rings. The summed E-state index contributed by atoms with van der Waals surface area (Å²) in [6, 6.07) is 11.9. The normalized spacial score (nSPS) is 10.7. The number of carbonyl (C=O) groups is 1. The van der Waals surface area contributed by atoms with E-state index in [9.17, 15) is 4.79 Å². The highest BCUT2D eigenvalue weighted by molar-refractivity contribution is 5.86. The molecule has 0 aliphatic heterocycles. The number of hydrogen-bond donors (Lipinski definition) is 1. The van der Waals surface area contributed by atoms with Gasteiger partial charge in [0.2, 0.25) is 0 Å². The zero-order valence-electron chi connectivity index (χ0n) is 14.7. The summed E-state index contributed by atoms with van der Waals surface area (Å²) in [5.74, 6) is 0. The molecule has 0 spiro atoms. The number of pyridine rings is 1. The Labute approximate surface area is 161 Å². The topological polar surface area (TPSA) is 42.2 Å². The van der Waals surface area contributed by atoms with E-state index in [1.54, 1.807) is 0 Å². The second kappa shape index (κ2) is 9.01. The van der Waals surface area contributed by atoms with Gasteiger partial charge in [0.05, 0.1) is 0 Å². The maximum absolute atomic E-state index is 11.9. The summed E-state index contributed by atoms with van der Waals surface area (Å²) in [4.78, 5) is 11.9. The minimum Gasteiger partial charge on any atom is -1.00 e. The number of rotatable bonds is 4. The average molecular weight is 440 g/mol. The van der Waals surface area contributed by atoms with Crippen LogP contribution in [0.15, 0.2) is 48.8 Å². The molecule has 1 amide bonds. The molecule has 0 fully saturated rings. The molecule has 4 nitrogen and oxygen atoms in total. The number of aryl methyl sites for hydroxylation is 1. The zero-order valence-corrected chi connectivity index (χ0v) is 16.8. The summed E-state index contributed by atoms with van der Waals surface area (Å²) in [7, 11) is 0. The first-order valence-electron chi connectivity index (χ1n) is 7.97. The SMILES string of the molecule is CCC[n+]1ccc(-c2cccc(NC(=O)OC(C)(C)C)c2)cc1.[I-]. The minimum atomic E-state index is -0.506. The summed E-state index contributed by atoms with van der Waals surface area (Å²) < 4.78 is 7.44. The van der Waals surface area contributed by atoms with Crippen molar-refractivity contribution in [1.82, 2.24) is 0 Å². The molecule has 0 saturated heterocycles. The molecule has 1 aromatic heterocycles. The van der Waals surface area contributed by atoms with Gasteiger partial charge in [0, 0.05) is 24.2 Å². The van der Waals surface area contributed by atoms with Crippen molar-refractivity contribution in [1.29, 1.82) is 0 Å². The molecule has 24 heavy (non-hydrogen) atoms. The third-order valence-electron chi connectivity index (χ3n) is 3.21. The van der Waals surface area contributed by atoms with Crippen molar-refractivity contribution in [3.05, 3.63) is 48.8 Å². The van der Waals surface area contributed by atoms with Crippen LogP contribution in [0.4, 0.5) is 10.5 Å². The molecule has 0 aliphatic rings. The van der Waals surface area contributed by atoms with E-state index in [4.69, 9.17) is 4.74 Å². The molecule has 1 aromatic carbocycles. The highest BCUT2D eigenvalue weighted by atomic mass is 127. The van der Waals surface area contributed by atoms with Gasteiger partial charge in [-0.15, -0.1) is 0 Å². The summed E-state index contributed by atoms with van der Waals surface area (Å²) >= 11 is 0. The molecule has 0 radical (unpaired) electrons. The molecule has 0 unspecified atom stereocenters. The molecule has 0 atom stereocenters. The molecule has 0 bridgehead atoms. The van der Waals surface area contributed by atoms with E-state index >= 15 is 0 Å². The van der Waals surface area contributed by atoms with Gasteiger partial charge in [0.25, 0.3) is 0 Å². The molecular weight excluding hydrogens is 415 g/mol. The Morgan fingerprint density at radius 1 is 1.12 bits per heavy atom. The van der Waals surface area contributed by atoms with Crippen LogP contribution in [-0.4, -0.2) is 11.7 Å². The minimum absolute atomic E-state index is 0. The number of hydrogen-bond acceptors (Lipinski definition) is 2. The van der Waals surface area contributed by atoms with Gasteiger partial charge in [-0.05, 0) is 44.0 Å². The van der Waals surface area contributed by atoms with Crippen molar-refractivity contribution in [3.8, 4) is 11.1 Å². The van der Waals surface area contributed by atoms with E-state index in [1.165, 1.54) is 0 Å². The van der Waals surface area contributed by atoms with Crippen molar-refractivity contribution < 1.29 is 38.1 Å². The lowest BCUT2D eigenvalue weighted by molar-refractivity contribution is -0.696. The van der Waals surface area contributed by atoms with Gasteiger partial charge in [-0.1, -0.05) is 19.1 Å². The van der Waals surface area contributed by atoms with Crippen LogP contribution in [0.3, 0.4) is 0 Å². The van der Waals surface area contributed by atoms with Gasteiger partial charge in [0.15, 0.2) is 12.4 Å². The van der Waals surface area contributed by atoms with Crippen molar-refractivity contribution in [2.45, 2.75) is 46.3 Å². The third-order valence-corrected chi connectivity index (χ3v) is 3.21. The van der Waals surface area contributed by atoms with Crippen LogP contribution in [0.2, 0.25) is 0 Å². The molecule has 5 heteroatoms. The molecule has 2 rings (SSSR count). The Bertz CT molecular complexity index is 664. The van der Waals surface area contributed by atoms with E-state index in [0.29, 0.717) is 0 Å². The smallest absolute Gasteiger partial charge is 0.412 e. The van der Waals surface area contributed by atoms with Gasteiger partial charge in [-0.3, -0.25) is 5.32 Å². The Morgan fingerprint density at radius 2 is 1.79 bits per heavy atom. The van der Waals surface area contributed by atoms with Crippen molar-refractivity contribution in [2.75, 3.05) is 5.32 Å². The number of aromatic nitrogens is 1. The highest BCUT2D eigenvalue weighted by Crippen LogP contribution is 2.22. The number of amides is 1. The molecular formula is C19H25IN2O2. The quantitative estimate of drug-likeness (QED) is 0.577. The monoisotopic (exact) mass is 440 g/mol. The molecule has 130 valence electrons. The number of carbonyl (C=O) groups excluding carboxylic acids is 1. The lowest BCUT2D eigenvalue weighted by Gasteiger charge is -2.19. The fraction of sp³-hybridized carbons (Fsp3) is 0.368. The molecule has 0 saturated carbocycles. The van der Waals surface area contributed by atoms with Gasteiger partial charge in [-0.25, -0.2) is 9.36 Å². The fourth-order valence-corrected chi connectivity index (χ4v) is 2.26. The Hall–Kier alpha value is -1.63. The van der Waals surface area contributed by atoms with Gasteiger partial charge >= 0.3 is 6.09 Å². The first kappa shape index (κ1) is 20.4. The third kappa shape index (κ3) is 6.47. The van der Waals surface area contributed by atoms with E-state index in [2.05, 4.69) is 41.3 Å². The average Bonchev–Trinajstić information content (AvgIpc) is 2.46. The van der Waals surface area contributed by atoms with E-state index < -0.39 is 11.7 Å². The van der Waals surface area contributed by atoms with Gasteiger partial charge in [0.1, 0.15) is 12.1 Å². The van der Waals surface area contributed by atoms with Crippen LogP contribution in [0.25, 0.3) is 11.1 Å². The standard InChI is InChI=1S/C19H24N2O2.HI/c1-5-11-21-12-9-15(10-13-21)16-7-6-8-17(14-16)20-18(22)23-19(2,3)4;/h6-10,12-14H,5,11H2,1-4H3;1H. The maximum Gasteiger partial charge on any atom is 0.412 e. The molecule has 0 aliphatic carbocycles. The van der Waals surface area contributed by atoms with E-state index in [0.717, 1.165) is 29.8 Å². The number of halogens is 1. The predicted molar refractivity (Wildman–Crippen MR) is 92.2 cm³/mol. The van der Waals surface area contributed by atoms with Crippen molar-refractivity contribution >= 4 is 11.8 Å². The Balaban J connectivity index is 0.00000288. The molecule has 1 heterocycles. The summed E-state index contributed by atoms with van der Waals surface area (Å²) in [6.45, 7) is 8.71. The van der Waals surface area contributed by atoms with Crippen molar-refractivity contribution in [3.63, 3.8) is 0 Å². The lowest BCUT2D eigenvalue weighted by Crippen LogP contribution is -3.00. The van der Waals surface area contributed by atoms with E-state index in [1.807, 2.05) is 45.0 Å². The first-order chi connectivity index (χ1) is 10.9. The Kier molecular flexibility index (Phi) is 7.66. The number of benzene rings is 1. The Morgan fingerprint density at radius 3 is 2.38 bits per heavy atom. The number of nitrogens with one attached hydrogen (secondary N) is 1. The van der Waals surface area contributed by atoms with Crippen LogP contribution in [0, 0.1) is 0 Å². The zero-order chi connectivity index (χ0) is 16.9. The predicted octanol–water partition coefficient (Wildman–Crippen LogP) is 1.40. The number of anilines is 1. The summed E-state index contributed by atoms with van der Waals surface area (Å²) in [6.07, 6.45) is 4.82. The molecule has 1 N–H and O–H groups in total. The largest absolute Gasteiger partial charge is 1.00 e. The summed E-state index contributed by atoms with van der Waals surface area (Å²) in [5, 5.41) is 2.77. The van der Waals surface area contributed by atoms with Crippen LogP contribution in [0.1, 0.15) is 34.1 Å². The number of ether oxygens (including phenoxy) is 1. The van der Waals surface area contributed by atoms with Gasteiger partial charge in [-0.2, -0.15) is 0 Å². The number of nitrogens with zero attached hydrogens (tertiary/aromatic N) is 1. The van der Waals surface area contributed by atoms with Crippen LogP contribution >= 0.6 is 0 Å². The fourth-order valence-electron chi connectivity index (χ4n) is 2.26. The second-order valence-corrected chi connectivity index (χ2v) is 6.53. The van der Waals surface area contributed by atoms with Gasteiger partial charge < -0.3 is 28.7 Å².